The summed E-state index contributed by atoms with van der Waals surface area (Å²) in [6.45, 7) is 0. The molecule has 0 amide bonds. The number of nitrogens with zero attached hydrogens (tertiary/aromatic N) is 1. The van der Waals surface area contributed by atoms with Gasteiger partial charge in [0.25, 0.3) is 6.43 Å². The number of rotatable bonds is 2. The minimum atomic E-state index is -2.44. The average molecular weight is 232 g/mol. The molecule has 15 heavy (non-hydrogen) atoms. The highest BCUT2D eigenvalue weighted by Gasteiger charge is 2.23. The monoisotopic (exact) mass is 232 g/mol. The van der Waals surface area contributed by atoms with Crippen molar-refractivity contribution in [3.63, 3.8) is 0 Å². The molecule has 0 bridgehead atoms. The Morgan fingerprint density at radius 1 is 1.33 bits per heavy atom. The lowest BCUT2D eigenvalue weighted by Gasteiger charge is -2.24. The molecule has 0 aromatic carbocycles. The first-order chi connectivity index (χ1) is 7.16. The van der Waals surface area contributed by atoms with Crippen LogP contribution in [0.2, 0.25) is 0 Å². The van der Waals surface area contributed by atoms with Crippen molar-refractivity contribution in [1.29, 1.82) is 0 Å². The van der Waals surface area contributed by atoms with Gasteiger partial charge in [0.1, 0.15) is 0 Å². The maximum atomic E-state index is 12.3. The quantitative estimate of drug-likeness (QED) is 0.851. The summed E-state index contributed by atoms with van der Waals surface area (Å²) in [6.07, 6.45) is 3.17. The van der Waals surface area contributed by atoms with E-state index in [2.05, 4.69) is 4.98 Å². The van der Waals surface area contributed by atoms with Crippen molar-refractivity contribution < 1.29 is 8.78 Å². The summed E-state index contributed by atoms with van der Waals surface area (Å²) < 4.78 is 24.7. The van der Waals surface area contributed by atoms with Crippen molar-refractivity contribution in [3.05, 3.63) is 16.1 Å². The number of halogens is 2. The molecule has 0 radical (unpaired) electrons. The van der Waals surface area contributed by atoms with Gasteiger partial charge < -0.3 is 5.73 Å². The minimum absolute atomic E-state index is 0.0557. The van der Waals surface area contributed by atoms with E-state index in [0.29, 0.717) is 12.0 Å². The van der Waals surface area contributed by atoms with E-state index in [1.807, 2.05) is 0 Å². The summed E-state index contributed by atoms with van der Waals surface area (Å²) in [7, 11) is 0. The third-order valence-electron chi connectivity index (χ3n) is 2.90. The zero-order valence-corrected chi connectivity index (χ0v) is 9.14. The lowest BCUT2D eigenvalue weighted by molar-refractivity contribution is 0.151. The van der Waals surface area contributed by atoms with E-state index in [4.69, 9.17) is 5.73 Å². The highest BCUT2D eigenvalue weighted by atomic mass is 32.1. The van der Waals surface area contributed by atoms with E-state index in [-0.39, 0.29) is 5.01 Å². The maximum Gasteiger partial charge on any atom is 0.289 e. The molecule has 1 saturated carbocycles. The molecule has 0 unspecified atom stereocenters. The van der Waals surface area contributed by atoms with Gasteiger partial charge in [-0.05, 0) is 31.6 Å². The number of hydrogen-bond acceptors (Lipinski definition) is 3. The van der Waals surface area contributed by atoms with Crippen molar-refractivity contribution in [3.8, 4) is 0 Å². The van der Waals surface area contributed by atoms with Crippen LogP contribution in [0.1, 0.15) is 47.9 Å². The SMILES string of the molecule is NC1CCC(c2cnc(C(F)F)s2)CC1. The molecule has 1 aliphatic carbocycles. The fourth-order valence-electron chi connectivity index (χ4n) is 1.99. The fourth-order valence-corrected chi connectivity index (χ4v) is 2.94. The summed E-state index contributed by atoms with van der Waals surface area (Å²) in [6, 6.07) is 0.295. The number of alkyl halides is 2. The van der Waals surface area contributed by atoms with Gasteiger partial charge in [-0.1, -0.05) is 0 Å². The Labute approximate surface area is 91.5 Å². The Hall–Kier alpha value is -0.550. The number of hydrogen-bond donors (Lipinski definition) is 1. The van der Waals surface area contributed by atoms with Crippen molar-refractivity contribution in [2.24, 2.45) is 5.73 Å². The van der Waals surface area contributed by atoms with Crippen molar-refractivity contribution >= 4 is 11.3 Å². The number of thiazole rings is 1. The zero-order chi connectivity index (χ0) is 10.8. The number of aromatic nitrogens is 1. The van der Waals surface area contributed by atoms with Crippen LogP contribution in [0.4, 0.5) is 8.78 Å². The Kier molecular flexibility index (Phi) is 3.31. The van der Waals surface area contributed by atoms with Gasteiger partial charge in [-0.25, -0.2) is 13.8 Å². The van der Waals surface area contributed by atoms with Crippen LogP contribution in [0.3, 0.4) is 0 Å². The number of nitrogens with two attached hydrogens (primary N) is 1. The Morgan fingerprint density at radius 2 is 2.00 bits per heavy atom. The van der Waals surface area contributed by atoms with Crippen LogP contribution in [-0.2, 0) is 0 Å². The predicted octanol–water partition coefficient (Wildman–Crippen LogP) is 3.07. The Bertz CT molecular complexity index is 319. The molecule has 2 N–H and O–H groups in total. The zero-order valence-electron chi connectivity index (χ0n) is 8.33. The molecular weight excluding hydrogens is 218 g/mol. The molecule has 1 aromatic heterocycles. The molecule has 1 heterocycles. The summed E-state index contributed by atoms with van der Waals surface area (Å²) in [5.41, 5.74) is 5.80. The van der Waals surface area contributed by atoms with Gasteiger partial charge in [0, 0.05) is 17.1 Å². The van der Waals surface area contributed by atoms with E-state index in [9.17, 15) is 8.78 Å². The van der Waals surface area contributed by atoms with Crippen LogP contribution in [0.15, 0.2) is 6.20 Å². The fraction of sp³-hybridized carbons (Fsp3) is 0.700. The van der Waals surface area contributed by atoms with Gasteiger partial charge in [0.2, 0.25) is 0 Å². The molecule has 1 aliphatic rings. The first-order valence-electron chi connectivity index (χ1n) is 5.16. The van der Waals surface area contributed by atoms with Crippen LogP contribution in [0, 0.1) is 0 Å². The van der Waals surface area contributed by atoms with Gasteiger partial charge >= 0.3 is 0 Å². The third-order valence-corrected chi connectivity index (χ3v) is 4.07. The van der Waals surface area contributed by atoms with Crippen LogP contribution in [0.25, 0.3) is 0 Å². The molecule has 0 saturated heterocycles. The normalized spacial score (nSPS) is 27.2. The van der Waals surface area contributed by atoms with Crippen molar-refractivity contribution in [2.45, 2.75) is 44.1 Å². The standard InChI is InChI=1S/C10H14F2N2S/c11-9(12)10-14-5-8(15-10)6-1-3-7(13)4-2-6/h5-7,9H,1-4,13H2. The van der Waals surface area contributed by atoms with Gasteiger partial charge in [0.05, 0.1) is 0 Å². The summed E-state index contributed by atoms with van der Waals surface area (Å²) in [5, 5.41) is -0.0557. The van der Waals surface area contributed by atoms with Crippen LogP contribution >= 0.6 is 11.3 Å². The molecule has 0 aliphatic heterocycles. The van der Waals surface area contributed by atoms with E-state index in [1.165, 1.54) is 0 Å². The second-order valence-electron chi connectivity index (χ2n) is 4.01. The van der Waals surface area contributed by atoms with Crippen molar-refractivity contribution in [1.82, 2.24) is 4.98 Å². The molecule has 0 spiro atoms. The van der Waals surface area contributed by atoms with Gasteiger partial charge in [0.15, 0.2) is 5.01 Å². The van der Waals surface area contributed by atoms with Gasteiger partial charge in [-0.2, -0.15) is 0 Å². The molecule has 5 heteroatoms. The Balaban J connectivity index is 2.03. The third kappa shape index (κ3) is 2.52. The maximum absolute atomic E-state index is 12.3. The minimum Gasteiger partial charge on any atom is -0.328 e. The molecule has 0 atom stereocenters. The van der Waals surface area contributed by atoms with Gasteiger partial charge in [-0.15, -0.1) is 11.3 Å². The van der Waals surface area contributed by atoms with E-state index >= 15 is 0 Å². The largest absolute Gasteiger partial charge is 0.328 e. The first-order valence-corrected chi connectivity index (χ1v) is 5.98. The summed E-state index contributed by atoms with van der Waals surface area (Å²) in [4.78, 5) is 4.74. The van der Waals surface area contributed by atoms with E-state index in [0.717, 1.165) is 41.9 Å². The van der Waals surface area contributed by atoms with E-state index in [1.54, 1.807) is 6.20 Å². The highest BCUT2D eigenvalue weighted by Crippen LogP contribution is 2.36. The van der Waals surface area contributed by atoms with Crippen molar-refractivity contribution in [2.75, 3.05) is 0 Å². The van der Waals surface area contributed by atoms with Crippen LogP contribution in [-0.4, -0.2) is 11.0 Å². The first kappa shape index (κ1) is 11.0. The van der Waals surface area contributed by atoms with Gasteiger partial charge in [-0.3, -0.25) is 0 Å². The Morgan fingerprint density at radius 3 is 2.53 bits per heavy atom. The molecule has 2 nitrogen and oxygen atoms in total. The molecule has 2 rings (SSSR count). The second kappa shape index (κ2) is 4.53. The molecule has 1 aromatic rings. The molecule has 84 valence electrons. The summed E-state index contributed by atoms with van der Waals surface area (Å²) >= 11 is 1.15. The molecular formula is C10H14F2N2S. The smallest absolute Gasteiger partial charge is 0.289 e. The molecule has 1 fully saturated rings. The lowest BCUT2D eigenvalue weighted by Crippen LogP contribution is -2.25. The van der Waals surface area contributed by atoms with E-state index < -0.39 is 6.43 Å². The highest BCUT2D eigenvalue weighted by molar-refractivity contribution is 7.11. The van der Waals surface area contributed by atoms with Crippen LogP contribution < -0.4 is 5.73 Å². The topological polar surface area (TPSA) is 38.9 Å². The second-order valence-corrected chi connectivity index (χ2v) is 5.11. The lowest BCUT2D eigenvalue weighted by atomic mass is 9.86. The predicted molar refractivity (Wildman–Crippen MR) is 56.3 cm³/mol. The average Bonchev–Trinajstić information content (AvgIpc) is 2.68. The van der Waals surface area contributed by atoms with Crippen LogP contribution in [0.5, 0.6) is 0 Å². The summed E-state index contributed by atoms with van der Waals surface area (Å²) in [5.74, 6) is 0.398.